The van der Waals surface area contributed by atoms with Crippen molar-refractivity contribution in [3.8, 4) is 5.75 Å². The molecule has 0 N–H and O–H groups in total. The van der Waals surface area contributed by atoms with Gasteiger partial charge in [-0.15, -0.1) is 0 Å². The summed E-state index contributed by atoms with van der Waals surface area (Å²) in [6, 6.07) is 4.30. The molecular weight excluding hydrogens is 323 g/mol. The normalized spacial score (nSPS) is 22.3. The van der Waals surface area contributed by atoms with Gasteiger partial charge in [-0.3, -0.25) is 0 Å². The maximum absolute atomic E-state index is 12.7. The van der Waals surface area contributed by atoms with Crippen LogP contribution in [0, 0.1) is 5.41 Å². The maximum Gasteiger partial charge on any atom is 0.416 e. The predicted octanol–water partition coefficient (Wildman–Crippen LogP) is 3.66. The van der Waals surface area contributed by atoms with Crippen LogP contribution in [0.3, 0.4) is 0 Å². The van der Waals surface area contributed by atoms with Crippen molar-refractivity contribution in [3.05, 3.63) is 29.8 Å². The summed E-state index contributed by atoms with van der Waals surface area (Å²) in [7, 11) is 0. The standard InChI is InChI=1S/C17H22F3NO3/c1-15(2,3)16(10-4-5-11-21(16)14(22)23)24-13-8-6-12(7-9-13)17(18,19)20/h6-9H,4-5,10-11H2,1-3H3,(H,22,23)/p-1. The average molecular weight is 344 g/mol. The Labute approximate surface area is 139 Å². The molecule has 0 spiro atoms. The number of carbonyl (C=O) groups excluding carboxylic acids is 1. The van der Waals surface area contributed by atoms with Crippen molar-refractivity contribution in [1.29, 1.82) is 0 Å². The SMILES string of the molecule is CC(C)(C)C1(Oc2ccc(C(F)(F)F)cc2)CCCCN1C(=O)[O-]. The van der Waals surface area contributed by atoms with Crippen LogP contribution in [0.15, 0.2) is 24.3 Å². The zero-order valence-electron chi connectivity index (χ0n) is 13.9. The van der Waals surface area contributed by atoms with E-state index in [0.29, 0.717) is 12.8 Å². The van der Waals surface area contributed by atoms with Gasteiger partial charge in [-0.2, -0.15) is 13.2 Å². The number of ether oxygens (including phenoxy) is 1. The fraction of sp³-hybridized carbons (Fsp3) is 0.588. The number of alkyl halides is 3. The lowest BCUT2D eigenvalue weighted by Crippen LogP contribution is -2.67. The first kappa shape index (κ1) is 18.4. The van der Waals surface area contributed by atoms with Gasteiger partial charge in [-0.1, -0.05) is 20.8 Å². The number of piperidine rings is 1. The van der Waals surface area contributed by atoms with E-state index in [1.54, 1.807) is 0 Å². The van der Waals surface area contributed by atoms with Crippen molar-refractivity contribution < 1.29 is 27.8 Å². The second-order valence-corrected chi connectivity index (χ2v) is 7.03. The molecule has 1 unspecified atom stereocenters. The quantitative estimate of drug-likeness (QED) is 0.823. The molecule has 0 bridgehead atoms. The topological polar surface area (TPSA) is 52.6 Å². The third-order valence-corrected chi connectivity index (χ3v) is 4.44. The maximum atomic E-state index is 12.7. The molecule has 4 nitrogen and oxygen atoms in total. The smallest absolute Gasteiger partial charge is 0.416 e. The molecule has 1 aromatic carbocycles. The highest BCUT2D eigenvalue weighted by Gasteiger charge is 2.50. The van der Waals surface area contributed by atoms with E-state index in [1.165, 1.54) is 12.1 Å². The molecule has 0 aliphatic carbocycles. The molecular formula is C17H21F3NO3-. The summed E-state index contributed by atoms with van der Waals surface area (Å²) >= 11 is 0. The van der Waals surface area contributed by atoms with Gasteiger partial charge >= 0.3 is 6.18 Å². The summed E-state index contributed by atoms with van der Waals surface area (Å²) in [5, 5.41) is 11.6. The number of hydrogen-bond donors (Lipinski definition) is 0. The Hall–Kier alpha value is -1.92. The minimum absolute atomic E-state index is 0.200. The van der Waals surface area contributed by atoms with Crippen LogP contribution in [0.2, 0.25) is 0 Å². The van der Waals surface area contributed by atoms with E-state index < -0.39 is 29.0 Å². The molecule has 0 aromatic heterocycles. The minimum Gasteiger partial charge on any atom is -0.530 e. The fourth-order valence-electron chi connectivity index (χ4n) is 3.13. The Morgan fingerprint density at radius 2 is 1.75 bits per heavy atom. The number of benzene rings is 1. The van der Waals surface area contributed by atoms with Gasteiger partial charge < -0.3 is 19.5 Å². The number of likely N-dealkylation sites (tertiary alicyclic amines) is 1. The molecule has 1 aliphatic heterocycles. The Morgan fingerprint density at radius 3 is 2.21 bits per heavy atom. The fourth-order valence-corrected chi connectivity index (χ4v) is 3.13. The van der Waals surface area contributed by atoms with Gasteiger partial charge in [0.1, 0.15) is 11.8 Å². The van der Waals surface area contributed by atoms with E-state index >= 15 is 0 Å². The summed E-state index contributed by atoms with van der Waals surface area (Å²) < 4.78 is 44.0. The first-order valence-electron chi connectivity index (χ1n) is 7.82. The number of amides is 1. The summed E-state index contributed by atoms with van der Waals surface area (Å²) in [6.07, 6.45) is -3.85. The lowest BCUT2D eigenvalue weighted by molar-refractivity contribution is -0.293. The van der Waals surface area contributed by atoms with Crippen molar-refractivity contribution in [3.63, 3.8) is 0 Å². The van der Waals surface area contributed by atoms with Gasteiger partial charge in [0.15, 0.2) is 5.72 Å². The van der Waals surface area contributed by atoms with Crippen LogP contribution in [0.25, 0.3) is 0 Å². The van der Waals surface area contributed by atoms with Crippen LogP contribution >= 0.6 is 0 Å². The number of nitrogens with zero attached hydrogens (tertiary/aromatic N) is 1. The van der Waals surface area contributed by atoms with Gasteiger partial charge in [0.05, 0.1) is 5.56 Å². The molecule has 1 saturated heterocycles. The zero-order chi connectivity index (χ0) is 18.2. The summed E-state index contributed by atoms with van der Waals surface area (Å²) in [4.78, 5) is 12.7. The second kappa shape index (κ2) is 6.18. The van der Waals surface area contributed by atoms with Crippen molar-refractivity contribution in [2.24, 2.45) is 5.41 Å². The molecule has 7 heteroatoms. The highest BCUT2D eigenvalue weighted by atomic mass is 19.4. The monoisotopic (exact) mass is 344 g/mol. The number of carbonyl (C=O) groups is 1. The van der Waals surface area contributed by atoms with E-state index in [9.17, 15) is 23.1 Å². The van der Waals surface area contributed by atoms with Gasteiger partial charge in [0.2, 0.25) is 0 Å². The summed E-state index contributed by atoms with van der Waals surface area (Å²) in [5.41, 5.74) is -2.54. The number of rotatable bonds is 2. The van der Waals surface area contributed by atoms with E-state index in [-0.39, 0.29) is 12.3 Å². The van der Waals surface area contributed by atoms with Crippen LogP contribution in [0.5, 0.6) is 5.75 Å². The average Bonchev–Trinajstić information content (AvgIpc) is 2.46. The lowest BCUT2D eigenvalue weighted by atomic mass is 9.76. The molecule has 1 fully saturated rings. The number of hydrogen-bond acceptors (Lipinski definition) is 3. The Kier molecular flexibility index (Phi) is 4.74. The van der Waals surface area contributed by atoms with E-state index in [4.69, 9.17) is 4.74 Å². The Bertz CT molecular complexity index is 593. The molecule has 0 saturated carbocycles. The van der Waals surface area contributed by atoms with Gasteiger partial charge in [0, 0.05) is 18.4 Å². The molecule has 0 radical (unpaired) electrons. The van der Waals surface area contributed by atoms with Crippen LogP contribution in [0.4, 0.5) is 18.0 Å². The van der Waals surface area contributed by atoms with Crippen LogP contribution < -0.4 is 9.84 Å². The van der Waals surface area contributed by atoms with E-state index in [2.05, 4.69) is 0 Å². The summed E-state index contributed by atoms with van der Waals surface area (Å²) in [6.45, 7) is 5.81. The van der Waals surface area contributed by atoms with Gasteiger partial charge in [-0.25, -0.2) is 0 Å². The van der Waals surface area contributed by atoms with Crippen LogP contribution in [-0.4, -0.2) is 23.3 Å². The molecule has 1 aromatic rings. The van der Waals surface area contributed by atoms with Crippen molar-refractivity contribution in [2.45, 2.75) is 51.9 Å². The lowest BCUT2D eigenvalue weighted by Gasteiger charge is -2.54. The molecule has 2 rings (SSSR count). The second-order valence-electron chi connectivity index (χ2n) is 7.03. The first-order chi connectivity index (χ1) is 11.0. The Morgan fingerprint density at radius 1 is 1.17 bits per heavy atom. The highest BCUT2D eigenvalue weighted by Crippen LogP contribution is 2.44. The van der Waals surface area contributed by atoms with Crippen LogP contribution in [-0.2, 0) is 6.18 Å². The third-order valence-electron chi connectivity index (χ3n) is 4.44. The van der Waals surface area contributed by atoms with Crippen molar-refractivity contribution in [2.75, 3.05) is 6.54 Å². The first-order valence-corrected chi connectivity index (χ1v) is 7.82. The number of carboxylic acid groups (broad SMARTS) is 1. The third kappa shape index (κ3) is 3.44. The van der Waals surface area contributed by atoms with Crippen molar-refractivity contribution >= 4 is 6.09 Å². The van der Waals surface area contributed by atoms with Gasteiger partial charge in [-0.05, 0) is 37.1 Å². The van der Waals surface area contributed by atoms with Gasteiger partial charge in [0.25, 0.3) is 0 Å². The molecule has 1 atom stereocenters. The predicted molar refractivity (Wildman–Crippen MR) is 80.2 cm³/mol. The van der Waals surface area contributed by atoms with Crippen LogP contribution in [0.1, 0.15) is 45.6 Å². The molecule has 1 heterocycles. The highest BCUT2D eigenvalue weighted by molar-refractivity contribution is 5.64. The zero-order valence-corrected chi connectivity index (χ0v) is 13.9. The van der Waals surface area contributed by atoms with E-state index in [1.807, 2.05) is 20.8 Å². The molecule has 24 heavy (non-hydrogen) atoms. The Balaban J connectivity index is 2.38. The minimum atomic E-state index is -4.43. The van der Waals surface area contributed by atoms with E-state index in [0.717, 1.165) is 23.5 Å². The molecule has 1 amide bonds. The number of halogens is 3. The summed E-state index contributed by atoms with van der Waals surface area (Å²) in [5.74, 6) is 0.200. The molecule has 134 valence electrons. The molecule has 1 aliphatic rings. The largest absolute Gasteiger partial charge is 0.530 e. The van der Waals surface area contributed by atoms with Crippen molar-refractivity contribution in [1.82, 2.24) is 4.90 Å².